The van der Waals surface area contributed by atoms with Gasteiger partial charge in [0.15, 0.2) is 0 Å². The van der Waals surface area contributed by atoms with E-state index in [1.165, 1.54) is 18.5 Å². The molecule has 7 heteroatoms. The van der Waals surface area contributed by atoms with Crippen LogP contribution in [0.5, 0.6) is 0 Å². The van der Waals surface area contributed by atoms with Crippen LogP contribution in [0.1, 0.15) is 18.4 Å². The minimum absolute atomic E-state index is 0.474. The van der Waals surface area contributed by atoms with Crippen molar-refractivity contribution in [3.63, 3.8) is 0 Å². The number of anilines is 1. The van der Waals surface area contributed by atoms with E-state index in [9.17, 15) is 0 Å². The SMILES string of the molecule is CSCCCCNc1c(C)c(Cl)nc2ncnn12. The maximum absolute atomic E-state index is 6.08. The highest BCUT2D eigenvalue weighted by molar-refractivity contribution is 7.98. The summed E-state index contributed by atoms with van der Waals surface area (Å²) >= 11 is 7.95. The van der Waals surface area contributed by atoms with E-state index in [0.717, 1.165) is 24.3 Å². The van der Waals surface area contributed by atoms with Crippen LogP contribution in [0.15, 0.2) is 6.33 Å². The number of aromatic nitrogens is 4. The summed E-state index contributed by atoms with van der Waals surface area (Å²) in [4.78, 5) is 8.22. The number of nitrogens with zero attached hydrogens (tertiary/aromatic N) is 4. The fraction of sp³-hybridized carbons (Fsp3) is 0.545. The van der Waals surface area contributed by atoms with Crippen LogP contribution in [-0.2, 0) is 0 Å². The van der Waals surface area contributed by atoms with Gasteiger partial charge in [0.25, 0.3) is 5.78 Å². The lowest BCUT2D eigenvalue weighted by atomic mass is 10.3. The smallest absolute Gasteiger partial charge is 0.255 e. The number of nitrogens with one attached hydrogen (secondary N) is 1. The van der Waals surface area contributed by atoms with Gasteiger partial charge in [0, 0.05) is 12.1 Å². The number of rotatable bonds is 6. The predicted molar refractivity (Wildman–Crippen MR) is 76.6 cm³/mol. The molecule has 0 saturated carbocycles. The molecule has 0 radical (unpaired) electrons. The number of hydrogen-bond donors (Lipinski definition) is 1. The fourth-order valence-electron chi connectivity index (χ4n) is 1.68. The number of fused-ring (bicyclic) bond motifs is 1. The number of unbranched alkanes of at least 4 members (excludes halogenated alkanes) is 1. The molecule has 0 fully saturated rings. The molecule has 5 nitrogen and oxygen atoms in total. The fourth-order valence-corrected chi connectivity index (χ4v) is 2.34. The Balaban J connectivity index is 2.11. The van der Waals surface area contributed by atoms with Gasteiger partial charge in [-0.1, -0.05) is 11.6 Å². The highest BCUT2D eigenvalue weighted by atomic mass is 35.5. The molecule has 18 heavy (non-hydrogen) atoms. The summed E-state index contributed by atoms with van der Waals surface area (Å²) in [6.07, 6.45) is 5.93. The first-order chi connectivity index (χ1) is 8.74. The Hall–Kier alpha value is -1.01. The van der Waals surface area contributed by atoms with Gasteiger partial charge >= 0.3 is 0 Å². The van der Waals surface area contributed by atoms with Crippen molar-refractivity contribution in [1.82, 2.24) is 19.6 Å². The predicted octanol–water partition coefficient (Wildman–Crippen LogP) is 2.64. The minimum Gasteiger partial charge on any atom is -0.370 e. The molecule has 0 unspecified atom stereocenters. The topological polar surface area (TPSA) is 55.1 Å². The van der Waals surface area contributed by atoms with Crippen LogP contribution in [0.2, 0.25) is 5.15 Å². The Kier molecular flexibility index (Phi) is 4.66. The Bertz CT molecular complexity index is 527. The summed E-state index contributed by atoms with van der Waals surface area (Å²) in [7, 11) is 0. The first kappa shape index (κ1) is 13.4. The zero-order valence-electron chi connectivity index (χ0n) is 10.5. The Labute approximate surface area is 115 Å². The molecular weight excluding hydrogens is 270 g/mol. The van der Waals surface area contributed by atoms with Gasteiger partial charge < -0.3 is 5.32 Å². The molecule has 2 aromatic heterocycles. The van der Waals surface area contributed by atoms with Crippen LogP contribution < -0.4 is 5.32 Å². The minimum atomic E-state index is 0.474. The molecule has 2 aromatic rings. The lowest BCUT2D eigenvalue weighted by Crippen LogP contribution is -2.10. The third-order valence-electron chi connectivity index (χ3n) is 2.67. The molecule has 0 saturated heterocycles. The zero-order chi connectivity index (χ0) is 13.0. The van der Waals surface area contributed by atoms with Crippen molar-refractivity contribution in [3.05, 3.63) is 17.0 Å². The van der Waals surface area contributed by atoms with Crippen molar-refractivity contribution >= 4 is 35.0 Å². The molecule has 0 spiro atoms. The Morgan fingerprint density at radius 3 is 3.06 bits per heavy atom. The summed E-state index contributed by atoms with van der Waals surface area (Å²) < 4.78 is 1.69. The van der Waals surface area contributed by atoms with E-state index in [-0.39, 0.29) is 0 Å². The second-order valence-electron chi connectivity index (χ2n) is 3.97. The van der Waals surface area contributed by atoms with Crippen molar-refractivity contribution in [1.29, 1.82) is 0 Å². The molecule has 0 bridgehead atoms. The molecule has 0 atom stereocenters. The number of halogens is 1. The van der Waals surface area contributed by atoms with E-state index in [1.54, 1.807) is 4.52 Å². The van der Waals surface area contributed by atoms with Crippen LogP contribution >= 0.6 is 23.4 Å². The highest BCUT2D eigenvalue weighted by Gasteiger charge is 2.11. The van der Waals surface area contributed by atoms with Gasteiger partial charge in [-0.15, -0.1) is 0 Å². The summed E-state index contributed by atoms with van der Waals surface area (Å²) in [6.45, 7) is 2.83. The van der Waals surface area contributed by atoms with Crippen LogP contribution in [-0.4, -0.2) is 38.1 Å². The molecule has 0 amide bonds. The van der Waals surface area contributed by atoms with Gasteiger partial charge in [-0.2, -0.15) is 31.3 Å². The van der Waals surface area contributed by atoms with Crippen LogP contribution in [0, 0.1) is 6.92 Å². The third kappa shape index (κ3) is 2.87. The number of thioether (sulfide) groups is 1. The van der Waals surface area contributed by atoms with E-state index in [2.05, 4.69) is 26.6 Å². The average Bonchev–Trinajstić information content (AvgIpc) is 2.81. The summed E-state index contributed by atoms with van der Waals surface area (Å²) in [6, 6.07) is 0. The number of hydrogen-bond acceptors (Lipinski definition) is 5. The van der Waals surface area contributed by atoms with Crippen LogP contribution in [0.25, 0.3) is 5.78 Å². The van der Waals surface area contributed by atoms with E-state index in [0.29, 0.717) is 10.9 Å². The molecule has 2 heterocycles. The first-order valence-electron chi connectivity index (χ1n) is 5.82. The standard InChI is InChI=1S/C11H16ClN5S/c1-8-9(12)16-11-14-7-15-17(11)10(8)13-5-3-4-6-18-2/h7,13H,3-6H2,1-2H3. The van der Waals surface area contributed by atoms with Gasteiger partial charge in [0.1, 0.15) is 17.3 Å². The largest absolute Gasteiger partial charge is 0.370 e. The van der Waals surface area contributed by atoms with Gasteiger partial charge in [-0.05, 0) is 31.8 Å². The molecule has 98 valence electrons. The maximum Gasteiger partial charge on any atom is 0.255 e. The van der Waals surface area contributed by atoms with Crippen LogP contribution in [0.3, 0.4) is 0 Å². The Morgan fingerprint density at radius 1 is 1.44 bits per heavy atom. The summed E-state index contributed by atoms with van der Waals surface area (Å²) in [5.74, 6) is 2.60. The lowest BCUT2D eigenvalue weighted by molar-refractivity contribution is 0.825. The first-order valence-corrected chi connectivity index (χ1v) is 7.60. The van der Waals surface area contributed by atoms with E-state index < -0.39 is 0 Å². The molecule has 0 aliphatic heterocycles. The average molecular weight is 286 g/mol. The lowest BCUT2D eigenvalue weighted by Gasteiger charge is -2.11. The second kappa shape index (κ2) is 6.24. The summed E-state index contributed by atoms with van der Waals surface area (Å²) in [5.41, 5.74) is 0.902. The van der Waals surface area contributed by atoms with Crippen molar-refractivity contribution < 1.29 is 0 Å². The molecule has 0 aliphatic rings. The van der Waals surface area contributed by atoms with E-state index in [4.69, 9.17) is 11.6 Å². The molecule has 2 rings (SSSR count). The van der Waals surface area contributed by atoms with Gasteiger partial charge in [0.2, 0.25) is 0 Å². The molecule has 0 aromatic carbocycles. The summed E-state index contributed by atoms with van der Waals surface area (Å²) in [5, 5.41) is 8.00. The van der Waals surface area contributed by atoms with Crippen molar-refractivity contribution in [2.24, 2.45) is 0 Å². The molecule has 1 N–H and O–H groups in total. The zero-order valence-corrected chi connectivity index (χ0v) is 12.1. The van der Waals surface area contributed by atoms with Crippen LogP contribution in [0.4, 0.5) is 5.82 Å². The normalized spacial score (nSPS) is 11.1. The maximum atomic E-state index is 6.08. The quantitative estimate of drug-likeness (QED) is 0.653. The van der Waals surface area contributed by atoms with Crippen molar-refractivity contribution in [3.8, 4) is 0 Å². The van der Waals surface area contributed by atoms with Gasteiger partial charge in [0.05, 0.1) is 0 Å². The third-order valence-corrected chi connectivity index (χ3v) is 3.74. The van der Waals surface area contributed by atoms with E-state index >= 15 is 0 Å². The monoisotopic (exact) mass is 285 g/mol. The van der Waals surface area contributed by atoms with Gasteiger partial charge in [-0.3, -0.25) is 0 Å². The van der Waals surface area contributed by atoms with Crippen molar-refractivity contribution in [2.45, 2.75) is 19.8 Å². The molecular formula is C11H16ClN5S. The molecule has 0 aliphatic carbocycles. The Morgan fingerprint density at radius 2 is 2.28 bits per heavy atom. The van der Waals surface area contributed by atoms with E-state index in [1.807, 2.05) is 18.7 Å². The van der Waals surface area contributed by atoms with Crippen molar-refractivity contribution in [2.75, 3.05) is 23.9 Å². The highest BCUT2D eigenvalue weighted by Crippen LogP contribution is 2.21. The van der Waals surface area contributed by atoms with Gasteiger partial charge in [-0.25, -0.2) is 0 Å². The second-order valence-corrected chi connectivity index (χ2v) is 5.32.